The third-order valence-electron chi connectivity index (χ3n) is 4.57. The molecule has 2 heteroatoms. The van der Waals surface area contributed by atoms with E-state index in [9.17, 15) is 0 Å². The lowest BCUT2D eigenvalue weighted by molar-refractivity contribution is 0.183. The number of hydrogen-bond donors (Lipinski definition) is 1. The van der Waals surface area contributed by atoms with Gasteiger partial charge in [0, 0.05) is 18.6 Å². The van der Waals surface area contributed by atoms with Crippen LogP contribution in [0.25, 0.3) is 0 Å². The highest BCUT2D eigenvalue weighted by atomic mass is 15.2. The van der Waals surface area contributed by atoms with E-state index in [1.165, 1.54) is 77.4 Å². The molecule has 1 atom stereocenters. The van der Waals surface area contributed by atoms with E-state index in [-0.39, 0.29) is 0 Å². The van der Waals surface area contributed by atoms with E-state index in [1.807, 2.05) is 0 Å². The summed E-state index contributed by atoms with van der Waals surface area (Å²) in [5.41, 5.74) is 0. The van der Waals surface area contributed by atoms with Crippen molar-refractivity contribution in [2.45, 2.75) is 76.8 Å². The number of likely N-dealkylation sites (tertiary alicyclic amines) is 1. The van der Waals surface area contributed by atoms with Crippen molar-refractivity contribution in [3.05, 3.63) is 0 Å². The molecule has 0 aromatic heterocycles. The van der Waals surface area contributed by atoms with Crippen LogP contribution in [0.15, 0.2) is 0 Å². The van der Waals surface area contributed by atoms with Gasteiger partial charge in [0.25, 0.3) is 0 Å². The molecule has 100 valence electrons. The molecule has 1 N–H and O–H groups in total. The Hall–Kier alpha value is -0.0800. The zero-order valence-corrected chi connectivity index (χ0v) is 11.6. The lowest BCUT2D eigenvalue weighted by atomic mass is 10.1. The van der Waals surface area contributed by atoms with Gasteiger partial charge < -0.3 is 5.32 Å². The lowest BCUT2D eigenvalue weighted by Gasteiger charge is -2.31. The zero-order chi connectivity index (χ0) is 11.9. The molecule has 1 saturated carbocycles. The van der Waals surface area contributed by atoms with Crippen LogP contribution in [0.4, 0.5) is 0 Å². The van der Waals surface area contributed by atoms with Crippen LogP contribution in [-0.4, -0.2) is 36.6 Å². The first-order chi connectivity index (χ1) is 8.36. The Morgan fingerprint density at radius 1 is 0.941 bits per heavy atom. The molecule has 0 bridgehead atoms. The topological polar surface area (TPSA) is 15.3 Å². The van der Waals surface area contributed by atoms with Crippen molar-refractivity contribution in [2.24, 2.45) is 0 Å². The minimum Gasteiger partial charge on any atom is -0.312 e. The monoisotopic (exact) mass is 238 g/mol. The van der Waals surface area contributed by atoms with Crippen LogP contribution in [0.1, 0.15) is 64.7 Å². The van der Waals surface area contributed by atoms with E-state index in [0.29, 0.717) is 0 Å². The largest absolute Gasteiger partial charge is 0.312 e. The molecule has 1 saturated heterocycles. The Labute approximate surface area is 107 Å². The van der Waals surface area contributed by atoms with Gasteiger partial charge in [0.15, 0.2) is 0 Å². The van der Waals surface area contributed by atoms with Crippen LogP contribution in [0.2, 0.25) is 0 Å². The van der Waals surface area contributed by atoms with Gasteiger partial charge in [0.2, 0.25) is 0 Å². The third kappa shape index (κ3) is 4.59. The molecule has 0 spiro atoms. The first kappa shape index (κ1) is 13.4. The third-order valence-corrected chi connectivity index (χ3v) is 4.57. The minimum absolute atomic E-state index is 0.730. The highest BCUT2D eigenvalue weighted by Crippen LogP contribution is 2.18. The van der Waals surface area contributed by atoms with E-state index in [4.69, 9.17) is 0 Å². The molecule has 0 aromatic rings. The lowest BCUT2D eigenvalue weighted by Crippen LogP contribution is -2.44. The van der Waals surface area contributed by atoms with Crippen molar-refractivity contribution in [1.82, 2.24) is 10.2 Å². The summed E-state index contributed by atoms with van der Waals surface area (Å²) in [6, 6.07) is 1.56. The number of nitrogens with zero attached hydrogens (tertiary/aromatic N) is 1. The maximum absolute atomic E-state index is 3.77. The Morgan fingerprint density at radius 2 is 1.53 bits per heavy atom. The molecule has 1 aliphatic carbocycles. The summed E-state index contributed by atoms with van der Waals surface area (Å²) in [4.78, 5) is 2.71. The average molecular weight is 238 g/mol. The Morgan fingerprint density at radius 3 is 2.18 bits per heavy atom. The van der Waals surface area contributed by atoms with Crippen molar-refractivity contribution >= 4 is 0 Å². The number of hydrogen-bond acceptors (Lipinski definition) is 2. The van der Waals surface area contributed by atoms with Gasteiger partial charge in [-0.15, -0.1) is 0 Å². The van der Waals surface area contributed by atoms with Gasteiger partial charge in [0.05, 0.1) is 0 Å². The molecule has 0 radical (unpaired) electrons. The summed E-state index contributed by atoms with van der Waals surface area (Å²) in [5.74, 6) is 0. The van der Waals surface area contributed by atoms with Gasteiger partial charge >= 0.3 is 0 Å². The fraction of sp³-hybridized carbons (Fsp3) is 1.00. The molecule has 0 amide bonds. The van der Waals surface area contributed by atoms with Crippen LogP contribution in [0, 0.1) is 0 Å². The SMILES string of the molecule is CC(CNC1CCCC1)N1CCCCCCC1. The van der Waals surface area contributed by atoms with Crippen LogP contribution in [0.5, 0.6) is 0 Å². The summed E-state index contributed by atoms with van der Waals surface area (Å²) >= 11 is 0. The summed E-state index contributed by atoms with van der Waals surface area (Å²) in [6.45, 7) is 6.26. The predicted octanol–water partition coefficient (Wildman–Crippen LogP) is 3.17. The van der Waals surface area contributed by atoms with Gasteiger partial charge in [-0.25, -0.2) is 0 Å². The Bertz CT molecular complexity index is 191. The van der Waals surface area contributed by atoms with Gasteiger partial charge in [0.1, 0.15) is 0 Å². The summed E-state index contributed by atoms with van der Waals surface area (Å²) < 4.78 is 0. The van der Waals surface area contributed by atoms with E-state index in [1.54, 1.807) is 0 Å². The number of nitrogens with one attached hydrogen (secondary N) is 1. The van der Waals surface area contributed by atoms with Crippen LogP contribution in [0.3, 0.4) is 0 Å². The average Bonchev–Trinajstić information content (AvgIpc) is 2.78. The molecular weight excluding hydrogens is 208 g/mol. The van der Waals surface area contributed by atoms with Crippen LogP contribution in [-0.2, 0) is 0 Å². The maximum atomic E-state index is 3.77. The smallest absolute Gasteiger partial charge is 0.0192 e. The van der Waals surface area contributed by atoms with Crippen molar-refractivity contribution in [3.63, 3.8) is 0 Å². The van der Waals surface area contributed by atoms with Crippen molar-refractivity contribution < 1.29 is 0 Å². The van der Waals surface area contributed by atoms with Gasteiger partial charge in [-0.05, 0) is 45.7 Å². The molecule has 2 rings (SSSR count). The molecule has 17 heavy (non-hydrogen) atoms. The predicted molar refractivity (Wildman–Crippen MR) is 74.4 cm³/mol. The highest BCUT2D eigenvalue weighted by Gasteiger charge is 2.18. The second-order valence-corrected chi connectivity index (χ2v) is 6.04. The van der Waals surface area contributed by atoms with Gasteiger partial charge in [-0.3, -0.25) is 4.90 Å². The fourth-order valence-corrected chi connectivity index (χ4v) is 3.31. The highest BCUT2D eigenvalue weighted by molar-refractivity contribution is 4.78. The molecule has 2 fully saturated rings. The first-order valence-corrected chi connectivity index (χ1v) is 7.83. The molecule has 1 heterocycles. The van der Waals surface area contributed by atoms with E-state index in [0.717, 1.165) is 12.1 Å². The van der Waals surface area contributed by atoms with Crippen LogP contribution < -0.4 is 5.32 Å². The minimum atomic E-state index is 0.730. The van der Waals surface area contributed by atoms with Crippen molar-refractivity contribution in [3.8, 4) is 0 Å². The fourth-order valence-electron chi connectivity index (χ4n) is 3.31. The molecule has 1 aliphatic heterocycles. The van der Waals surface area contributed by atoms with Crippen LogP contribution >= 0.6 is 0 Å². The second-order valence-electron chi connectivity index (χ2n) is 6.04. The molecule has 0 aromatic carbocycles. The van der Waals surface area contributed by atoms with E-state index < -0.39 is 0 Å². The normalized spacial score (nSPS) is 26.6. The Kier molecular flexibility index (Phi) is 5.79. The van der Waals surface area contributed by atoms with Gasteiger partial charge in [-0.1, -0.05) is 32.1 Å². The van der Waals surface area contributed by atoms with Crippen molar-refractivity contribution in [1.29, 1.82) is 0 Å². The quantitative estimate of drug-likeness (QED) is 0.809. The van der Waals surface area contributed by atoms with Crippen molar-refractivity contribution in [2.75, 3.05) is 19.6 Å². The summed E-state index contributed by atoms with van der Waals surface area (Å²) in [6.07, 6.45) is 12.9. The van der Waals surface area contributed by atoms with Gasteiger partial charge in [-0.2, -0.15) is 0 Å². The summed E-state index contributed by atoms with van der Waals surface area (Å²) in [5, 5.41) is 3.77. The zero-order valence-electron chi connectivity index (χ0n) is 11.6. The molecule has 2 nitrogen and oxygen atoms in total. The number of rotatable bonds is 4. The van der Waals surface area contributed by atoms with E-state index in [2.05, 4.69) is 17.1 Å². The second kappa shape index (κ2) is 7.38. The molecule has 2 aliphatic rings. The summed E-state index contributed by atoms with van der Waals surface area (Å²) in [7, 11) is 0. The standard InChI is InChI=1S/C15H30N2/c1-14(13-16-15-9-5-6-10-15)17-11-7-3-2-4-8-12-17/h14-16H,2-13H2,1H3. The molecule has 1 unspecified atom stereocenters. The van der Waals surface area contributed by atoms with E-state index >= 15 is 0 Å². The first-order valence-electron chi connectivity index (χ1n) is 7.83. The molecular formula is C15H30N2. The maximum Gasteiger partial charge on any atom is 0.0192 e. The Balaban J connectivity index is 1.67.